The number of carboxylic acids is 1. The Morgan fingerprint density at radius 3 is 2.41 bits per heavy atom. The highest BCUT2D eigenvalue weighted by molar-refractivity contribution is 7.89. The predicted octanol–water partition coefficient (Wildman–Crippen LogP) is 0.808. The van der Waals surface area contributed by atoms with Crippen molar-refractivity contribution in [3.8, 4) is 0 Å². The van der Waals surface area contributed by atoms with Gasteiger partial charge in [0.2, 0.25) is 15.9 Å². The van der Waals surface area contributed by atoms with E-state index in [1.54, 1.807) is 0 Å². The monoisotopic (exact) mass is 334 g/mol. The van der Waals surface area contributed by atoms with Crippen LogP contribution in [0.1, 0.15) is 46.0 Å². The molecule has 0 bridgehead atoms. The minimum Gasteiger partial charge on any atom is -0.481 e. The molecule has 1 aliphatic rings. The summed E-state index contributed by atoms with van der Waals surface area (Å²) in [6, 6.07) is -0.661. The summed E-state index contributed by atoms with van der Waals surface area (Å²) in [5.74, 6) is -1.07. The first kappa shape index (κ1) is 18.9. The molecule has 1 fully saturated rings. The summed E-state index contributed by atoms with van der Waals surface area (Å²) in [6.45, 7) is 4.52. The first-order valence-electron chi connectivity index (χ1n) is 7.74. The second kappa shape index (κ2) is 8.47. The lowest BCUT2D eigenvalue weighted by atomic mass is 10.0. The average molecular weight is 334 g/mol. The molecule has 1 amide bonds. The van der Waals surface area contributed by atoms with Gasteiger partial charge < -0.3 is 10.4 Å². The Hall–Kier alpha value is -1.15. The maximum atomic E-state index is 12.3. The van der Waals surface area contributed by atoms with E-state index < -0.39 is 22.0 Å². The Labute approximate surface area is 132 Å². The highest BCUT2D eigenvalue weighted by Gasteiger charge is 2.39. The Balaban J connectivity index is 2.45. The van der Waals surface area contributed by atoms with Crippen molar-refractivity contribution in [1.29, 1.82) is 0 Å². The molecule has 0 aromatic heterocycles. The van der Waals surface area contributed by atoms with Gasteiger partial charge in [0.05, 0.1) is 5.75 Å². The summed E-state index contributed by atoms with van der Waals surface area (Å²) in [4.78, 5) is 22.7. The van der Waals surface area contributed by atoms with Crippen LogP contribution in [0.15, 0.2) is 0 Å². The molecule has 1 rings (SSSR count). The standard InChI is InChI=1S/C14H26N2O5S/c1-11(2)13(16-9-6-10-22(16,20)21)14(19)15-8-5-3-4-7-12(17)18/h11,13H,3-10H2,1-2H3,(H,15,19)(H,17,18). The van der Waals surface area contributed by atoms with Crippen molar-refractivity contribution in [3.05, 3.63) is 0 Å². The number of carbonyl (C=O) groups is 2. The summed E-state index contributed by atoms with van der Waals surface area (Å²) < 4.78 is 25.3. The summed E-state index contributed by atoms with van der Waals surface area (Å²) >= 11 is 0. The number of nitrogens with one attached hydrogen (secondary N) is 1. The second-order valence-electron chi connectivity index (χ2n) is 5.96. The van der Waals surface area contributed by atoms with E-state index in [1.165, 1.54) is 4.31 Å². The first-order chi connectivity index (χ1) is 10.3. The van der Waals surface area contributed by atoms with Gasteiger partial charge in [-0.15, -0.1) is 0 Å². The molecule has 7 nitrogen and oxygen atoms in total. The van der Waals surface area contributed by atoms with Gasteiger partial charge in [-0.2, -0.15) is 4.31 Å². The number of rotatable bonds is 9. The van der Waals surface area contributed by atoms with E-state index in [-0.39, 0.29) is 24.0 Å². The third kappa shape index (κ3) is 5.57. The maximum Gasteiger partial charge on any atom is 0.303 e. The third-order valence-electron chi connectivity index (χ3n) is 3.72. The fraction of sp³-hybridized carbons (Fsp3) is 0.857. The first-order valence-corrected chi connectivity index (χ1v) is 9.35. The fourth-order valence-corrected chi connectivity index (χ4v) is 4.45. The molecular weight excluding hydrogens is 308 g/mol. The van der Waals surface area contributed by atoms with E-state index in [1.807, 2.05) is 13.8 Å². The van der Waals surface area contributed by atoms with Gasteiger partial charge in [-0.1, -0.05) is 20.3 Å². The summed E-state index contributed by atoms with van der Waals surface area (Å²) in [5, 5.41) is 11.3. The fourth-order valence-electron chi connectivity index (χ4n) is 2.63. The molecule has 1 atom stereocenters. The molecule has 2 N–H and O–H groups in total. The van der Waals surface area contributed by atoms with Crippen LogP contribution < -0.4 is 5.32 Å². The highest BCUT2D eigenvalue weighted by atomic mass is 32.2. The van der Waals surface area contributed by atoms with E-state index in [9.17, 15) is 18.0 Å². The molecule has 0 radical (unpaired) electrons. The van der Waals surface area contributed by atoms with E-state index >= 15 is 0 Å². The van der Waals surface area contributed by atoms with Crippen LogP contribution in [-0.4, -0.2) is 54.6 Å². The van der Waals surface area contributed by atoms with Crippen LogP contribution in [-0.2, 0) is 19.6 Å². The molecule has 1 heterocycles. The molecule has 1 aliphatic heterocycles. The Morgan fingerprint density at radius 1 is 1.23 bits per heavy atom. The minimum atomic E-state index is -3.32. The SMILES string of the molecule is CC(C)C(C(=O)NCCCCCC(=O)O)N1CCCS1(=O)=O. The van der Waals surface area contributed by atoms with E-state index in [2.05, 4.69) is 5.32 Å². The second-order valence-corrected chi connectivity index (χ2v) is 8.01. The number of unbranched alkanes of at least 4 members (excludes halogenated alkanes) is 2. The van der Waals surface area contributed by atoms with E-state index in [0.717, 1.165) is 6.42 Å². The number of carboxylic acid groups (broad SMARTS) is 1. The van der Waals surface area contributed by atoms with E-state index in [0.29, 0.717) is 32.4 Å². The van der Waals surface area contributed by atoms with Gasteiger partial charge in [0.1, 0.15) is 6.04 Å². The Kier molecular flexibility index (Phi) is 7.28. The van der Waals surface area contributed by atoms with Gasteiger partial charge in [0.25, 0.3) is 0 Å². The molecule has 0 saturated carbocycles. The summed E-state index contributed by atoms with van der Waals surface area (Å²) in [6.07, 6.45) is 2.69. The smallest absolute Gasteiger partial charge is 0.303 e. The van der Waals surface area contributed by atoms with Crippen LogP contribution in [0.25, 0.3) is 0 Å². The summed E-state index contributed by atoms with van der Waals surface area (Å²) in [7, 11) is -3.32. The van der Waals surface area contributed by atoms with Gasteiger partial charge >= 0.3 is 5.97 Å². The Morgan fingerprint density at radius 2 is 1.91 bits per heavy atom. The van der Waals surface area contributed by atoms with Crippen molar-refractivity contribution in [2.24, 2.45) is 5.92 Å². The third-order valence-corrected chi connectivity index (χ3v) is 5.64. The lowest BCUT2D eigenvalue weighted by molar-refractivity contribution is -0.137. The topological polar surface area (TPSA) is 104 Å². The minimum absolute atomic E-state index is 0.0973. The number of aliphatic carboxylic acids is 1. The molecule has 0 spiro atoms. The average Bonchev–Trinajstić information content (AvgIpc) is 2.73. The Bertz CT molecular complexity index is 489. The predicted molar refractivity (Wildman–Crippen MR) is 82.8 cm³/mol. The van der Waals surface area contributed by atoms with Crippen LogP contribution in [0.5, 0.6) is 0 Å². The molecule has 1 unspecified atom stereocenters. The zero-order chi connectivity index (χ0) is 16.8. The summed E-state index contributed by atoms with van der Waals surface area (Å²) in [5.41, 5.74) is 0. The lowest BCUT2D eigenvalue weighted by Crippen LogP contribution is -2.50. The molecule has 8 heteroatoms. The van der Waals surface area contributed by atoms with Gasteiger partial charge in [-0.25, -0.2) is 8.42 Å². The molecule has 0 aromatic carbocycles. The highest BCUT2D eigenvalue weighted by Crippen LogP contribution is 2.22. The number of hydrogen-bond acceptors (Lipinski definition) is 4. The zero-order valence-corrected chi connectivity index (χ0v) is 14.1. The van der Waals surface area contributed by atoms with Crippen molar-refractivity contribution in [2.75, 3.05) is 18.8 Å². The quantitative estimate of drug-likeness (QED) is 0.607. The maximum absolute atomic E-state index is 12.3. The van der Waals surface area contributed by atoms with Crippen LogP contribution in [0.2, 0.25) is 0 Å². The number of hydrogen-bond donors (Lipinski definition) is 2. The van der Waals surface area contributed by atoms with Crippen molar-refractivity contribution in [3.63, 3.8) is 0 Å². The van der Waals surface area contributed by atoms with Crippen molar-refractivity contribution in [1.82, 2.24) is 9.62 Å². The van der Waals surface area contributed by atoms with Crippen LogP contribution in [0.3, 0.4) is 0 Å². The van der Waals surface area contributed by atoms with E-state index in [4.69, 9.17) is 5.11 Å². The van der Waals surface area contributed by atoms with Crippen molar-refractivity contribution < 1.29 is 23.1 Å². The van der Waals surface area contributed by atoms with Gasteiger partial charge in [-0.3, -0.25) is 9.59 Å². The van der Waals surface area contributed by atoms with Crippen LogP contribution in [0.4, 0.5) is 0 Å². The molecule has 22 heavy (non-hydrogen) atoms. The van der Waals surface area contributed by atoms with Gasteiger partial charge in [-0.05, 0) is 25.2 Å². The van der Waals surface area contributed by atoms with Gasteiger partial charge in [0, 0.05) is 19.5 Å². The molecule has 0 aromatic rings. The molecule has 1 saturated heterocycles. The lowest BCUT2D eigenvalue weighted by Gasteiger charge is -2.28. The molecular formula is C14H26N2O5S. The molecule has 0 aliphatic carbocycles. The number of carbonyl (C=O) groups excluding carboxylic acids is 1. The number of nitrogens with zero attached hydrogens (tertiary/aromatic N) is 1. The molecule has 128 valence electrons. The van der Waals surface area contributed by atoms with Crippen molar-refractivity contribution in [2.45, 2.75) is 52.0 Å². The van der Waals surface area contributed by atoms with Gasteiger partial charge in [0.15, 0.2) is 0 Å². The normalized spacial score (nSPS) is 19.2. The largest absolute Gasteiger partial charge is 0.481 e. The number of sulfonamides is 1. The zero-order valence-electron chi connectivity index (χ0n) is 13.2. The van der Waals surface area contributed by atoms with Crippen LogP contribution in [0, 0.1) is 5.92 Å². The number of amides is 1. The van der Waals surface area contributed by atoms with Crippen molar-refractivity contribution >= 4 is 21.9 Å². The van der Waals surface area contributed by atoms with Crippen LogP contribution >= 0.6 is 0 Å².